The van der Waals surface area contributed by atoms with Crippen molar-refractivity contribution < 1.29 is 9.69 Å². The predicted molar refractivity (Wildman–Crippen MR) is 94.9 cm³/mol. The highest BCUT2D eigenvalue weighted by atomic mass is 32.1. The van der Waals surface area contributed by atoms with Crippen LogP contribution in [0.2, 0.25) is 0 Å². The summed E-state index contributed by atoms with van der Waals surface area (Å²) in [5.41, 5.74) is 2.02. The molecule has 0 aliphatic heterocycles. The number of quaternary nitrogens is 1. The van der Waals surface area contributed by atoms with Gasteiger partial charge in [-0.25, -0.2) is 4.98 Å². The molecule has 0 bridgehead atoms. The first-order chi connectivity index (χ1) is 11.7. The maximum atomic E-state index is 12.2. The molecule has 120 valence electrons. The van der Waals surface area contributed by atoms with Crippen LogP contribution in [0, 0.1) is 11.3 Å². The number of thiazole rings is 1. The molecule has 0 spiro atoms. The largest absolute Gasteiger partial charge is 0.324 e. The summed E-state index contributed by atoms with van der Waals surface area (Å²) in [5.74, 6) is -0.115. The lowest BCUT2D eigenvalue weighted by Gasteiger charge is -2.12. The Balaban J connectivity index is 1.61. The summed E-state index contributed by atoms with van der Waals surface area (Å²) in [6, 6.07) is 17.1. The van der Waals surface area contributed by atoms with E-state index in [1.165, 1.54) is 0 Å². The second-order valence-electron chi connectivity index (χ2n) is 5.59. The molecule has 0 saturated heterocycles. The molecular weight excluding hydrogens is 320 g/mol. The SMILES string of the molecule is C[NH+](CC(=O)Nc1ccccc1C#N)Cc1nc2ccccc2s1. The predicted octanol–water partition coefficient (Wildman–Crippen LogP) is 1.82. The third-order valence-electron chi connectivity index (χ3n) is 3.58. The number of likely N-dealkylation sites (N-methyl/N-ethyl adjacent to an activating group) is 1. The standard InChI is InChI=1S/C18H16N4OS/c1-22(12-18-21-15-8-4-5-9-16(15)24-18)11-17(23)20-14-7-3-2-6-13(14)10-19/h2-9H,11-12H2,1H3,(H,20,23)/p+1. The second kappa shape index (κ2) is 7.21. The minimum Gasteiger partial charge on any atom is -0.324 e. The molecule has 6 heteroatoms. The third-order valence-corrected chi connectivity index (χ3v) is 4.61. The molecule has 5 nitrogen and oxygen atoms in total. The number of nitriles is 1. The zero-order valence-electron chi connectivity index (χ0n) is 13.2. The molecule has 2 N–H and O–H groups in total. The average Bonchev–Trinajstić information content (AvgIpc) is 2.97. The lowest BCUT2D eigenvalue weighted by Crippen LogP contribution is -3.08. The van der Waals surface area contributed by atoms with Gasteiger partial charge in [0, 0.05) is 0 Å². The van der Waals surface area contributed by atoms with Gasteiger partial charge in [0.05, 0.1) is 28.5 Å². The Hall–Kier alpha value is -2.75. The molecule has 0 fully saturated rings. The molecule has 0 radical (unpaired) electrons. The fourth-order valence-corrected chi connectivity index (χ4v) is 3.56. The zero-order valence-corrected chi connectivity index (χ0v) is 14.1. The van der Waals surface area contributed by atoms with Crippen molar-refractivity contribution in [3.8, 4) is 6.07 Å². The number of hydrogen-bond donors (Lipinski definition) is 2. The van der Waals surface area contributed by atoms with E-state index < -0.39 is 0 Å². The summed E-state index contributed by atoms with van der Waals surface area (Å²) in [4.78, 5) is 17.8. The van der Waals surface area contributed by atoms with Gasteiger partial charge in [-0.1, -0.05) is 24.3 Å². The summed E-state index contributed by atoms with van der Waals surface area (Å²) in [5, 5.41) is 12.9. The smallest absolute Gasteiger partial charge is 0.279 e. The van der Waals surface area contributed by atoms with Crippen molar-refractivity contribution in [2.75, 3.05) is 18.9 Å². The maximum Gasteiger partial charge on any atom is 0.279 e. The van der Waals surface area contributed by atoms with Gasteiger partial charge in [0.1, 0.15) is 17.6 Å². The number of rotatable bonds is 5. The van der Waals surface area contributed by atoms with Gasteiger partial charge < -0.3 is 10.2 Å². The highest BCUT2D eigenvalue weighted by Gasteiger charge is 2.14. The molecule has 1 amide bonds. The van der Waals surface area contributed by atoms with E-state index in [4.69, 9.17) is 5.26 Å². The Kier molecular flexibility index (Phi) is 4.85. The van der Waals surface area contributed by atoms with Crippen LogP contribution in [-0.2, 0) is 11.3 Å². The van der Waals surface area contributed by atoms with Crippen LogP contribution in [0.5, 0.6) is 0 Å². The number of nitrogens with zero attached hydrogens (tertiary/aromatic N) is 2. The monoisotopic (exact) mass is 337 g/mol. The number of benzene rings is 2. The fraction of sp³-hybridized carbons (Fsp3) is 0.167. The Labute approximate surface area is 144 Å². The second-order valence-corrected chi connectivity index (χ2v) is 6.71. The summed E-state index contributed by atoms with van der Waals surface area (Å²) in [6.07, 6.45) is 0. The Morgan fingerprint density at radius 3 is 2.79 bits per heavy atom. The van der Waals surface area contributed by atoms with Crippen LogP contribution in [0.3, 0.4) is 0 Å². The van der Waals surface area contributed by atoms with Crippen LogP contribution in [0.4, 0.5) is 5.69 Å². The molecule has 3 aromatic rings. The van der Waals surface area contributed by atoms with Crippen molar-refractivity contribution >= 4 is 33.1 Å². The molecule has 0 aliphatic carbocycles. The molecule has 0 saturated carbocycles. The normalized spacial score (nSPS) is 11.8. The minimum absolute atomic E-state index is 0.115. The quantitative estimate of drug-likeness (QED) is 0.746. The van der Waals surface area contributed by atoms with Gasteiger partial charge in [0.25, 0.3) is 5.91 Å². The number of nitrogens with one attached hydrogen (secondary N) is 2. The van der Waals surface area contributed by atoms with Gasteiger partial charge in [0.15, 0.2) is 6.54 Å². The van der Waals surface area contributed by atoms with Gasteiger partial charge in [-0.05, 0) is 24.3 Å². The maximum absolute atomic E-state index is 12.2. The van der Waals surface area contributed by atoms with E-state index in [-0.39, 0.29) is 5.91 Å². The van der Waals surface area contributed by atoms with E-state index in [0.717, 1.165) is 20.1 Å². The van der Waals surface area contributed by atoms with Gasteiger partial charge in [-0.2, -0.15) is 5.26 Å². The van der Waals surface area contributed by atoms with E-state index in [2.05, 4.69) is 22.4 Å². The number of carbonyl (C=O) groups is 1. The molecule has 1 atom stereocenters. The number of fused-ring (bicyclic) bond motifs is 1. The van der Waals surface area contributed by atoms with Crippen molar-refractivity contribution in [3.05, 3.63) is 59.1 Å². The fourth-order valence-electron chi connectivity index (χ4n) is 2.47. The Morgan fingerprint density at radius 2 is 2.00 bits per heavy atom. The first-order valence-electron chi connectivity index (χ1n) is 7.60. The van der Waals surface area contributed by atoms with Gasteiger partial charge in [-0.3, -0.25) is 4.79 Å². The Morgan fingerprint density at radius 1 is 1.25 bits per heavy atom. The third kappa shape index (κ3) is 3.77. The average molecular weight is 337 g/mol. The summed E-state index contributed by atoms with van der Waals surface area (Å²) in [6.45, 7) is 1.00. The molecule has 0 aliphatic rings. The lowest BCUT2D eigenvalue weighted by atomic mass is 10.2. The summed E-state index contributed by atoms with van der Waals surface area (Å²) >= 11 is 1.66. The van der Waals surface area contributed by atoms with E-state index in [1.807, 2.05) is 25.2 Å². The van der Waals surface area contributed by atoms with Gasteiger partial charge in [-0.15, -0.1) is 11.3 Å². The van der Waals surface area contributed by atoms with Crippen LogP contribution >= 0.6 is 11.3 Å². The molecule has 1 aromatic heterocycles. The van der Waals surface area contributed by atoms with Crippen LogP contribution in [0.25, 0.3) is 10.2 Å². The number of carbonyl (C=O) groups excluding carboxylic acids is 1. The highest BCUT2D eigenvalue weighted by molar-refractivity contribution is 7.18. The van der Waals surface area contributed by atoms with Crippen LogP contribution in [0.15, 0.2) is 48.5 Å². The number of aromatic nitrogens is 1. The topological polar surface area (TPSA) is 70.2 Å². The highest BCUT2D eigenvalue weighted by Crippen LogP contribution is 2.20. The summed E-state index contributed by atoms with van der Waals surface area (Å²) in [7, 11) is 1.96. The van der Waals surface area contributed by atoms with Crippen molar-refractivity contribution in [2.45, 2.75) is 6.54 Å². The molecule has 1 unspecified atom stereocenters. The van der Waals surface area contributed by atoms with E-state index in [0.29, 0.717) is 24.3 Å². The van der Waals surface area contributed by atoms with Crippen LogP contribution in [-0.4, -0.2) is 24.5 Å². The van der Waals surface area contributed by atoms with Crippen molar-refractivity contribution in [1.82, 2.24) is 4.98 Å². The first-order valence-corrected chi connectivity index (χ1v) is 8.42. The minimum atomic E-state index is -0.115. The Bertz CT molecular complexity index is 880. The van der Waals surface area contributed by atoms with E-state index >= 15 is 0 Å². The van der Waals surface area contributed by atoms with Crippen LogP contribution in [0.1, 0.15) is 10.6 Å². The molecule has 2 aromatic carbocycles. The molecular formula is C18H17N4OS+. The van der Waals surface area contributed by atoms with Crippen molar-refractivity contribution in [3.63, 3.8) is 0 Å². The number of hydrogen-bond acceptors (Lipinski definition) is 4. The molecule has 3 rings (SSSR count). The number of amides is 1. The van der Waals surface area contributed by atoms with Gasteiger partial charge >= 0.3 is 0 Å². The van der Waals surface area contributed by atoms with E-state index in [1.54, 1.807) is 35.6 Å². The van der Waals surface area contributed by atoms with E-state index in [9.17, 15) is 4.79 Å². The number of para-hydroxylation sites is 2. The lowest BCUT2D eigenvalue weighted by molar-refractivity contribution is -0.885. The van der Waals surface area contributed by atoms with Crippen LogP contribution < -0.4 is 10.2 Å². The summed E-state index contributed by atoms with van der Waals surface area (Å²) < 4.78 is 1.16. The number of anilines is 1. The molecule has 1 heterocycles. The van der Waals surface area contributed by atoms with Gasteiger partial charge in [0.2, 0.25) is 0 Å². The first kappa shape index (κ1) is 16.1. The molecule has 24 heavy (non-hydrogen) atoms. The van der Waals surface area contributed by atoms with Crippen molar-refractivity contribution in [1.29, 1.82) is 5.26 Å². The zero-order chi connectivity index (χ0) is 16.9. The van der Waals surface area contributed by atoms with Crippen molar-refractivity contribution in [2.24, 2.45) is 0 Å².